The average molecular weight is 434 g/mol. The van der Waals surface area contributed by atoms with Crippen molar-refractivity contribution < 1.29 is 32.2 Å². The van der Waals surface area contributed by atoms with Crippen molar-refractivity contribution in [1.29, 1.82) is 5.26 Å². The molecule has 5 rings (SSSR count). The van der Waals surface area contributed by atoms with Crippen LogP contribution in [-0.2, 0) is 25.2 Å². The number of nitriles is 1. The third-order valence-electron chi connectivity index (χ3n) is 7.18. The average Bonchev–Trinajstić information content (AvgIpc) is 3.36. The van der Waals surface area contributed by atoms with Gasteiger partial charge in [0.1, 0.15) is 5.60 Å². The Kier molecular flexibility index (Phi) is 4.16. The van der Waals surface area contributed by atoms with Crippen molar-refractivity contribution in [2.45, 2.75) is 56.6 Å². The number of imide groups is 1. The lowest BCUT2D eigenvalue weighted by Crippen LogP contribution is -2.50. The quantitative estimate of drug-likeness (QED) is 0.679. The fourth-order valence-electron chi connectivity index (χ4n) is 5.52. The standard InChI is InChI=1S/C22H21F3N2O4/c1-20-8-15(30-10-11-3-4-11)21(2,31-20)17-16(20)18(28)27(19(17)29)13-6-5-12(9-26)14(7-13)22(23,24)25/h5-7,11,15-17H,3-4,8,10H2,1-2H3/t15-,16+,17+,20+,21-/m1/s1. The number of fused-ring (bicyclic) bond motifs is 5. The number of nitrogens with zero attached hydrogens (tertiary/aromatic N) is 2. The Morgan fingerprint density at radius 3 is 2.52 bits per heavy atom. The fourth-order valence-corrected chi connectivity index (χ4v) is 5.52. The highest BCUT2D eigenvalue weighted by atomic mass is 19.4. The number of rotatable bonds is 4. The van der Waals surface area contributed by atoms with E-state index in [0.29, 0.717) is 25.0 Å². The molecule has 3 heterocycles. The molecule has 0 spiro atoms. The Balaban J connectivity index is 1.50. The summed E-state index contributed by atoms with van der Waals surface area (Å²) in [7, 11) is 0. The first-order chi connectivity index (χ1) is 14.5. The van der Waals surface area contributed by atoms with Crippen molar-refractivity contribution in [2.75, 3.05) is 11.5 Å². The SMILES string of the molecule is C[C@@]12O[C@@](C)(C[C@H]1OCC1CC1)[C@@H]1C(=O)N(c3ccc(C#N)c(C(F)(F)F)c3)C(=O)[C@H]12. The lowest BCUT2D eigenvalue weighted by Gasteiger charge is -2.35. The molecule has 0 aromatic heterocycles. The second-order valence-corrected chi connectivity index (χ2v) is 9.37. The number of anilines is 1. The molecule has 164 valence electrons. The van der Waals surface area contributed by atoms with Crippen LogP contribution in [0.1, 0.15) is 44.2 Å². The first-order valence-electron chi connectivity index (χ1n) is 10.3. The molecule has 0 N–H and O–H groups in total. The summed E-state index contributed by atoms with van der Waals surface area (Å²) in [6.07, 6.45) is -2.48. The van der Waals surface area contributed by atoms with Crippen molar-refractivity contribution in [3.63, 3.8) is 0 Å². The summed E-state index contributed by atoms with van der Waals surface area (Å²) in [6, 6.07) is 4.40. The number of alkyl halides is 3. The van der Waals surface area contributed by atoms with Gasteiger partial charge < -0.3 is 9.47 Å². The highest BCUT2D eigenvalue weighted by Crippen LogP contribution is 2.62. The molecule has 2 bridgehead atoms. The van der Waals surface area contributed by atoms with Gasteiger partial charge in [0.15, 0.2) is 0 Å². The molecule has 9 heteroatoms. The Labute approximate surface area is 176 Å². The Morgan fingerprint density at radius 1 is 1.23 bits per heavy atom. The third-order valence-corrected chi connectivity index (χ3v) is 7.18. The van der Waals surface area contributed by atoms with Gasteiger partial charge in [-0.3, -0.25) is 9.59 Å². The Bertz CT molecular complexity index is 1030. The van der Waals surface area contributed by atoms with E-state index in [1.807, 2.05) is 0 Å². The van der Waals surface area contributed by atoms with Crippen LogP contribution in [0.15, 0.2) is 18.2 Å². The zero-order valence-electron chi connectivity index (χ0n) is 17.0. The number of amides is 2. The zero-order valence-corrected chi connectivity index (χ0v) is 17.0. The summed E-state index contributed by atoms with van der Waals surface area (Å²) in [5, 5.41) is 9.01. The normalized spacial score (nSPS) is 36.8. The first-order valence-corrected chi connectivity index (χ1v) is 10.3. The molecule has 4 fully saturated rings. The summed E-state index contributed by atoms with van der Waals surface area (Å²) in [4.78, 5) is 27.5. The maximum absolute atomic E-state index is 13.4. The minimum Gasteiger partial charge on any atom is -0.375 e. The minimum absolute atomic E-state index is 0.183. The van der Waals surface area contributed by atoms with E-state index >= 15 is 0 Å². The van der Waals surface area contributed by atoms with Crippen LogP contribution < -0.4 is 4.90 Å². The van der Waals surface area contributed by atoms with Crippen LogP contribution in [-0.4, -0.2) is 35.7 Å². The zero-order chi connectivity index (χ0) is 22.3. The van der Waals surface area contributed by atoms with Crippen LogP contribution in [0, 0.1) is 29.1 Å². The molecule has 1 aromatic rings. The van der Waals surface area contributed by atoms with E-state index in [1.54, 1.807) is 13.8 Å². The second-order valence-electron chi connectivity index (χ2n) is 9.37. The topological polar surface area (TPSA) is 79.6 Å². The van der Waals surface area contributed by atoms with Gasteiger partial charge in [-0.25, -0.2) is 4.90 Å². The predicted molar refractivity (Wildman–Crippen MR) is 101 cm³/mol. The molecule has 4 aliphatic rings. The Hall–Kier alpha value is -2.44. The van der Waals surface area contributed by atoms with Gasteiger partial charge in [-0.05, 0) is 50.8 Å². The number of benzene rings is 1. The molecule has 0 unspecified atom stereocenters. The van der Waals surface area contributed by atoms with Gasteiger partial charge in [0.2, 0.25) is 11.8 Å². The predicted octanol–water partition coefficient (Wildman–Crippen LogP) is 3.43. The van der Waals surface area contributed by atoms with Gasteiger partial charge in [0.05, 0.1) is 46.4 Å². The highest BCUT2D eigenvalue weighted by molar-refractivity contribution is 6.23. The number of halogens is 3. The van der Waals surface area contributed by atoms with Crippen LogP contribution in [0.5, 0.6) is 0 Å². The van der Waals surface area contributed by atoms with Crippen molar-refractivity contribution in [2.24, 2.45) is 17.8 Å². The van der Waals surface area contributed by atoms with Gasteiger partial charge in [0.25, 0.3) is 0 Å². The van der Waals surface area contributed by atoms with Crippen LogP contribution >= 0.6 is 0 Å². The van der Waals surface area contributed by atoms with Crippen LogP contribution in [0.2, 0.25) is 0 Å². The van der Waals surface area contributed by atoms with E-state index in [1.165, 1.54) is 12.1 Å². The lowest BCUT2D eigenvalue weighted by molar-refractivity contribution is -0.138. The smallest absolute Gasteiger partial charge is 0.375 e. The Morgan fingerprint density at radius 2 is 1.90 bits per heavy atom. The van der Waals surface area contributed by atoms with Crippen molar-refractivity contribution in [3.05, 3.63) is 29.3 Å². The molecule has 1 saturated carbocycles. The van der Waals surface area contributed by atoms with Gasteiger partial charge in [-0.1, -0.05) is 0 Å². The number of hydrogen-bond donors (Lipinski definition) is 0. The largest absolute Gasteiger partial charge is 0.417 e. The molecule has 3 aliphatic heterocycles. The summed E-state index contributed by atoms with van der Waals surface area (Å²) < 4.78 is 52.5. The van der Waals surface area contributed by atoms with Crippen molar-refractivity contribution in [1.82, 2.24) is 0 Å². The number of ether oxygens (including phenoxy) is 2. The minimum atomic E-state index is -4.79. The van der Waals surface area contributed by atoms with E-state index in [-0.39, 0.29) is 11.8 Å². The lowest BCUT2D eigenvalue weighted by atomic mass is 9.67. The van der Waals surface area contributed by atoms with E-state index in [4.69, 9.17) is 14.7 Å². The third kappa shape index (κ3) is 2.84. The fraction of sp³-hybridized carbons (Fsp3) is 0.591. The summed E-state index contributed by atoms with van der Waals surface area (Å²) in [6.45, 7) is 4.10. The second kappa shape index (κ2) is 6.30. The summed E-state index contributed by atoms with van der Waals surface area (Å²) in [5.41, 5.74) is -3.86. The summed E-state index contributed by atoms with van der Waals surface area (Å²) in [5.74, 6) is -2.25. The van der Waals surface area contributed by atoms with Gasteiger partial charge in [-0.2, -0.15) is 18.4 Å². The molecule has 2 amide bonds. The number of carbonyl (C=O) groups excluding carboxylic acids is 2. The molecule has 0 radical (unpaired) electrons. The maximum atomic E-state index is 13.4. The number of carbonyl (C=O) groups is 2. The van der Waals surface area contributed by atoms with Crippen molar-refractivity contribution >= 4 is 17.5 Å². The maximum Gasteiger partial charge on any atom is 0.417 e. The molecule has 1 aliphatic carbocycles. The molecular formula is C22H21F3N2O4. The van der Waals surface area contributed by atoms with Gasteiger partial charge in [0, 0.05) is 13.0 Å². The van der Waals surface area contributed by atoms with Crippen molar-refractivity contribution in [3.8, 4) is 6.07 Å². The van der Waals surface area contributed by atoms with Crippen LogP contribution in [0.3, 0.4) is 0 Å². The molecular weight excluding hydrogens is 413 g/mol. The van der Waals surface area contributed by atoms with E-state index < -0.39 is 52.2 Å². The first kappa shape index (κ1) is 20.5. The van der Waals surface area contributed by atoms with Gasteiger partial charge >= 0.3 is 6.18 Å². The van der Waals surface area contributed by atoms with E-state index in [2.05, 4.69) is 0 Å². The van der Waals surface area contributed by atoms with Crippen LogP contribution in [0.4, 0.5) is 18.9 Å². The van der Waals surface area contributed by atoms with E-state index in [9.17, 15) is 22.8 Å². The number of hydrogen-bond acceptors (Lipinski definition) is 5. The van der Waals surface area contributed by atoms with Crippen LogP contribution in [0.25, 0.3) is 0 Å². The molecule has 6 nitrogen and oxygen atoms in total. The molecule has 5 atom stereocenters. The molecule has 31 heavy (non-hydrogen) atoms. The highest BCUT2D eigenvalue weighted by Gasteiger charge is 2.76. The van der Waals surface area contributed by atoms with E-state index in [0.717, 1.165) is 23.8 Å². The monoisotopic (exact) mass is 434 g/mol. The van der Waals surface area contributed by atoms with Gasteiger partial charge in [-0.15, -0.1) is 0 Å². The molecule has 3 saturated heterocycles. The molecule has 1 aromatic carbocycles. The summed E-state index contributed by atoms with van der Waals surface area (Å²) >= 11 is 0.